The smallest absolute Gasteiger partial charge is 0.251 e. The summed E-state index contributed by atoms with van der Waals surface area (Å²) >= 11 is 1.63. The minimum atomic E-state index is -0.912. The van der Waals surface area contributed by atoms with Gasteiger partial charge in [0.25, 0.3) is 5.91 Å². The largest absolute Gasteiger partial charge is 0.497 e. The van der Waals surface area contributed by atoms with E-state index in [-0.39, 0.29) is 42.0 Å². The van der Waals surface area contributed by atoms with E-state index in [0.29, 0.717) is 30.8 Å². The molecule has 8 nitrogen and oxygen atoms in total. The maximum Gasteiger partial charge on any atom is 0.251 e. The molecule has 250 valence electrons. The molecule has 0 aromatic heterocycles. The van der Waals surface area contributed by atoms with Crippen molar-refractivity contribution in [1.29, 1.82) is 0 Å². The van der Waals surface area contributed by atoms with E-state index in [4.69, 9.17) is 4.74 Å². The number of likely N-dealkylation sites (tertiary alicyclic amines) is 1. The second kappa shape index (κ2) is 14.0. The summed E-state index contributed by atoms with van der Waals surface area (Å²) in [5.41, 5.74) is 2.33. The topological polar surface area (TPSA) is 90.4 Å². The quantitative estimate of drug-likeness (QED) is 0.247. The van der Waals surface area contributed by atoms with Crippen LogP contribution in [-0.4, -0.2) is 76.6 Å². The van der Waals surface area contributed by atoms with Crippen LogP contribution in [0.2, 0.25) is 0 Å². The van der Waals surface area contributed by atoms with Gasteiger partial charge >= 0.3 is 0 Å². The standard InChI is InChI=1S/C39H43N3O5S/c1-5-21-40(28-15-11-8-12-16-28)36(44)33-32-23-26(3)39(48-32)34(33)37(45)42(30(25-43)24-27-13-9-7-10-14-27)35(39)38(46)41(22-6-2)29-17-19-31(47-4)20-18-29/h5-20,26,30,32-35,43H,1-2,21-25H2,3-4H3/t26?,30-,32+,33-,34+,35?,39?/m1/s1. The number of carbonyl (C=O) groups is 3. The van der Waals surface area contributed by atoms with Gasteiger partial charge in [-0.25, -0.2) is 0 Å². The molecule has 1 N–H and O–H groups in total. The average molecular weight is 666 g/mol. The molecule has 3 unspecified atom stereocenters. The number of carbonyl (C=O) groups excluding carboxylic acids is 3. The van der Waals surface area contributed by atoms with Crippen molar-refractivity contribution in [2.24, 2.45) is 17.8 Å². The van der Waals surface area contributed by atoms with Gasteiger partial charge in [-0.3, -0.25) is 14.4 Å². The second-order valence-electron chi connectivity index (χ2n) is 12.8. The molecular formula is C39H43N3O5S. The first-order valence-electron chi connectivity index (χ1n) is 16.5. The number of amides is 3. The first kappa shape index (κ1) is 33.6. The molecule has 3 aromatic rings. The van der Waals surface area contributed by atoms with Gasteiger partial charge in [0.05, 0.1) is 36.3 Å². The zero-order chi connectivity index (χ0) is 34.0. The van der Waals surface area contributed by atoms with Crippen LogP contribution in [0.1, 0.15) is 18.9 Å². The molecule has 48 heavy (non-hydrogen) atoms. The Labute approximate surface area is 287 Å². The van der Waals surface area contributed by atoms with Crippen molar-refractivity contribution in [3.05, 3.63) is 116 Å². The number of nitrogens with zero attached hydrogens (tertiary/aromatic N) is 3. The molecule has 9 heteroatoms. The van der Waals surface area contributed by atoms with Gasteiger partial charge in [-0.2, -0.15) is 0 Å². The lowest BCUT2D eigenvalue weighted by atomic mass is 9.65. The van der Waals surface area contributed by atoms with E-state index in [1.807, 2.05) is 72.8 Å². The van der Waals surface area contributed by atoms with Gasteiger partial charge in [-0.05, 0) is 60.7 Å². The molecule has 3 aliphatic rings. The number of aliphatic hydroxyl groups excluding tert-OH is 1. The molecule has 3 fully saturated rings. The Morgan fingerprint density at radius 3 is 2.12 bits per heavy atom. The molecule has 3 amide bonds. The predicted octanol–water partition coefficient (Wildman–Crippen LogP) is 5.37. The van der Waals surface area contributed by atoms with Crippen LogP contribution in [0.5, 0.6) is 5.75 Å². The first-order valence-corrected chi connectivity index (χ1v) is 17.4. The highest BCUT2D eigenvalue weighted by Gasteiger charge is 2.77. The summed E-state index contributed by atoms with van der Waals surface area (Å²) in [5.74, 6) is -1.38. The summed E-state index contributed by atoms with van der Waals surface area (Å²) in [7, 11) is 1.59. The number of rotatable bonds is 13. The van der Waals surface area contributed by atoms with Gasteiger partial charge in [0.1, 0.15) is 11.8 Å². The van der Waals surface area contributed by atoms with Crippen LogP contribution >= 0.6 is 11.8 Å². The van der Waals surface area contributed by atoms with Gasteiger partial charge in [0, 0.05) is 29.7 Å². The number of fused-ring (bicyclic) bond motifs is 1. The Kier molecular flexibility index (Phi) is 9.80. The van der Waals surface area contributed by atoms with Crippen molar-refractivity contribution in [3.63, 3.8) is 0 Å². The SMILES string of the molecule is C=CCN(C(=O)C1N([C@@H](CO)Cc2ccccc2)C(=O)[C@@H]2[C@H](C(=O)N(CC=C)c3ccccc3)[C@@H]3CC(C)C12S3)c1ccc(OC)cc1. The highest BCUT2D eigenvalue weighted by molar-refractivity contribution is 8.02. The molecule has 3 aromatic carbocycles. The molecule has 3 saturated heterocycles. The lowest BCUT2D eigenvalue weighted by Crippen LogP contribution is -2.59. The van der Waals surface area contributed by atoms with Crippen molar-refractivity contribution < 1.29 is 24.2 Å². The van der Waals surface area contributed by atoms with Gasteiger partial charge in [0.15, 0.2) is 0 Å². The number of ether oxygens (including phenoxy) is 1. The third-order valence-corrected chi connectivity index (χ3v) is 12.3. The second-order valence-corrected chi connectivity index (χ2v) is 14.4. The number of thioether (sulfide) groups is 1. The normalized spacial score (nSPS) is 26.1. The number of hydrogen-bond donors (Lipinski definition) is 1. The van der Waals surface area contributed by atoms with E-state index in [0.717, 1.165) is 11.3 Å². The summed E-state index contributed by atoms with van der Waals surface area (Å²) in [4.78, 5) is 49.9. The van der Waals surface area contributed by atoms with Crippen LogP contribution in [0.25, 0.3) is 0 Å². The zero-order valence-corrected chi connectivity index (χ0v) is 28.3. The number of hydrogen-bond acceptors (Lipinski definition) is 6. The highest BCUT2D eigenvalue weighted by Crippen LogP contribution is 2.69. The van der Waals surface area contributed by atoms with Crippen LogP contribution < -0.4 is 14.5 Å². The molecule has 0 radical (unpaired) electrons. The summed E-state index contributed by atoms with van der Waals surface area (Å²) in [6.07, 6.45) is 4.44. The van der Waals surface area contributed by atoms with Crippen molar-refractivity contribution in [2.75, 3.05) is 36.6 Å². The van der Waals surface area contributed by atoms with Gasteiger partial charge in [0.2, 0.25) is 11.8 Å². The fourth-order valence-corrected chi connectivity index (χ4v) is 10.5. The molecule has 0 saturated carbocycles. The van der Waals surface area contributed by atoms with E-state index in [9.17, 15) is 9.90 Å². The maximum absolute atomic E-state index is 15.2. The number of aliphatic hydroxyl groups is 1. The first-order chi connectivity index (χ1) is 23.3. The summed E-state index contributed by atoms with van der Waals surface area (Å²) in [6, 6.07) is 24.8. The number of methoxy groups -OCH3 is 1. The Morgan fingerprint density at radius 1 is 0.958 bits per heavy atom. The van der Waals surface area contributed by atoms with Crippen molar-refractivity contribution in [1.82, 2.24) is 4.90 Å². The van der Waals surface area contributed by atoms with Crippen LogP contribution in [0.15, 0.2) is 110 Å². The fraction of sp³-hybridized carbons (Fsp3) is 0.359. The van der Waals surface area contributed by atoms with Gasteiger partial charge in [-0.15, -0.1) is 24.9 Å². The molecule has 3 aliphatic heterocycles. The van der Waals surface area contributed by atoms with E-state index in [2.05, 4.69) is 20.1 Å². The minimum Gasteiger partial charge on any atom is -0.497 e. The molecule has 7 atom stereocenters. The molecular weight excluding hydrogens is 623 g/mol. The number of anilines is 2. The van der Waals surface area contributed by atoms with E-state index in [1.54, 1.807) is 57.9 Å². The van der Waals surface area contributed by atoms with Crippen LogP contribution in [0.4, 0.5) is 11.4 Å². The monoisotopic (exact) mass is 665 g/mol. The highest BCUT2D eigenvalue weighted by atomic mass is 32.2. The zero-order valence-electron chi connectivity index (χ0n) is 27.5. The third-order valence-electron chi connectivity index (χ3n) is 10.2. The van der Waals surface area contributed by atoms with Crippen molar-refractivity contribution in [2.45, 2.75) is 41.8 Å². The molecule has 3 heterocycles. The van der Waals surface area contributed by atoms with Crippen LogP contribution in [0.3, 0.4) is 0 Å². The predicted molar refractivity (Wildman–Crippen MR) is 191 cm³/mol. The Hall–Kier alpha value is -4.34. The van der Waals surface area contributed by atoms with E-state index < -0.39 is 28.7 Å². The van der Waals surface area contributed by atoms with Crippen LogP contribution in [0, 0.1) is 17.8 Å². The Balaban J connectivity index is 1.47. The van der Waals surface area contributed by atoms with Crippen molar-refractivity contribution in [3.8, 4) is 5.75 Å². The van der Waals surface area contributed by atoms with Crippen molar-refractivity contribution >= 4 is 40.9 Å². The Morgan fingerprint density at radius 2 is 1.54 bits per heavy atom. The number of benzene rings is 3. The number of para-hydroxylation sites is 1. The fourth-order valence-electron chi connectivity index (χ4n) is 8.15. The Bertz CT molecular complexity index is 1650. The minimum absolute atomic E-state index is 0.0356. The third kappa shape index (κ3) is 5.62. The van der Waals surface area contributed by atoms with Gasteiger partial charge < -0.3 is 24.5 Å². The molecule has 1 spiro atoms. The van der Waals surface area contributed by atoms with E-state index in [1.165, 1.54) is 0 Å². The maximum atomic E-state index is 15.2. The molecule has 0 aliphatic carbocycles. The van der Waals surface area contributed by atoms with Gasteiger partial charge in [-0.1, -0.05) is 67.6 Å². The average Bonchev–Trinajstić information content (AvgIpc) is 3.72. The lowest BCUT2D eigenvalue weighted by Gasteiger charge is -2.42. The summed E-state index contributed by atoms with van der Waals surface area (Å²) < 4.78 is 4.50. The summed E-state index contributed by atoms with van der Waals surface area (Å²) in [5, 5.41) is 10.8. The summed E-state index contributed by atoms with van der Waals surface area (Å²) in [6.45, 7) is 10.1. The molecule has 6 rings (SSSR count). The molecule has 2 bridgehead atoms. The lowest BCUT2D eigenvalue weighted by molar-refractivity contribution is -0.141. The van der Waals surface area contributed by atoms with E-state index >= 15 is 9.59 Å². The van der Waals surface area contributed by atoms with Crippen LogP contribution in [-0.2, 0) is 20.8 Å².